The highest BCUT2D eigenvalue weighted by Gasteiger charge is 2.13. The molecule has 2 aromatic heterocycles. The molecule has 0 amide bonds. The van der Waals surface area contributed by atoms with E-state index in [1.165, 1.54) is 6.07 Å². The van der Waals surface area contributed by atoms with Crippen LogP contribution < -0.4 is 0 Å². The van der Waals surface area contributed by atoms with Crippen LogP contribution in [0.1, 0.15) is 17.1 Å². The average molecular weight is 207 g/mol. The summed E-state index contributed by atoms with van der Waals surface area (Å²) in [6.07, 6.45) is 2.02. The molecule has 0 saturated heterocycles. The molecule has 0 atom stereocenters. The van der Waals surface area contributed by atoms with Crippen molar-refractivity contribution in [3.05, 3.63) is 51.7 Å². The molecule has 0 radical (unpaired) electrons. The van der Waals surface area contributed by atoms with Crippen LogP contribution in [0.15, 0.2) is 33.3 Å². The topological polar surface area (TPSA) is 69.4 Å². The van der Waals surface area contributed by atoms with Crippen LogP contribution in [0.3, 0.4) is 0 Å². The van der Waals surface area contributed by atoms with Crippen LogP contribution in [-0.4, -0.2) is 4.92 Å². The highest BCUT2D eigenvalue weighted by molar-refractivity contribution is 5.24. The van der Waals surface area contributed by atoms with Gasteiger partial charge in [-0.1, -0.05) is 0 Å². The van der Waals surface area contributed by atoms with E-state index in [1.54, 1.807) is 12.3 Å². The van der Waals surface area contributed by atoms with Gasteiger partial charge in [-0.2, -0.15) is 0 Å². The smallest absolute Gasteiger partial charge is 0.433 e. The fourth-order valence-corrected chi connectivity index (χ4v) is 1.30. The van der Waals surface area contributed by atoms with Crippen molar-refractivity contribution in [2.75, 3.05) is 0 Å². The maximum absolute atomic E-state index is 10.4. The fourth-order valence-electron chi connectivity index (χ4n) is 1.30. The lowest BCUT2D eigenvalue weighted by Gasteiger charge is -1.93. The summed E-state index contributed by atoms with van der Waals surface area (Å²) in [4.78, 5) is 9.81. The second kappa shape index (κ2) is 3.61. The van der Waals surface area contributed by atoms with Crippen molar-refractivity contribution in [2.45, 2.75) is 13.3 Å². The van der Waals surface area contributed by atoms with Crippen molar-refractivity contribution >= 4 is 5.88 Å². The molecule has 5 nitrogen and oxygen atoms in total. The molecule has 0 N–H and O–H groups in total. The van der Waals surface area contributed by atoms with Crippen molar-refractivity contribution in [1.82, 2.24) is 0 Å². The Balaban J connectivity index is 2.18. The molecular formula is C10H9NO4. The van der Waals surface area contributed by atoms with Gasteiger partial charge in [0.15, 0.2) is 0 Å². The lowest BCUT2D eigenvalue weighted by molar-refractivity contribution is -0.402. The lowest BCUT2D eigenvalue weighted by Crippen LogP contribution is -1.86. The SMILES string of the molecule is Cc1ccoc1Cc1ccc([N+](=O)[O-])o1. The Hall–Kier alpha value is -2.04. The second-order valence-corrected chi connectivity index (χ2v) is 3.20. The normalized spacial score (nSPS) is 10.5. The molecule has 0 unspecified atom stereocenters. The first-order valence-corrected chi connectivity index (χ1v) is 4.43. The van der Waals surface area contributed by atoms with Gasteiger partial charge in [-0.15, -0.1) is 0 Å². The number of nitrogens with zero attached hydrogens (tertiary/aromatic N) is 1. The molecule has 0 fully saturated rings. The summed E-state index contributed by atoms with van der Waals surface area (Å²) in [6.45, 7) is 1.91. The van der Waals surface area contributed by atoms with Crippen LogP contribution in [0.25, 0.3) is 0 Å². The maximum Gasteiger partial charge on any atom is 0.433 e. The van der Waals surface area contributed by atoms with E-state index in [-0.39, 0.29) is 5.88 Å². The fraction of sp³-hybridized carbons (Fsp3) is 0.200. The first-order chi connectivity index (χ1) is 7.16. The van der Waals surface area contributed by atoms with E-state index in [0.29, 0.717) is 12.2 Å². The summed E-state index contributed by atoms with van der Waals surface area (Å²) in [7, 11) is 0. The Bertz CT molecular complexity index is 483. The van der Waals surface area contributed by atoms with Gasteiger partial charge in [0.2, 0.25) is 0 Å². The van der Waals surface area contributed by atoms with Crippen molar-refractivity contribution < 1.29 is 13.8 Å². The molecule has 0 spiro atoms. The molecule has 0 saturated carbocycles. The number of hydrogen-bond donors (Lipinski definition) is 0. The Kier molecular flexibility index (Phi) is 2.29. The third-order valence-electron chi connectivity index (χ3n) is 2.13. The van der Waals surface area contributed by atoms with Crippen LogP contribution in [0.4, 0.5) is 5.88 Å². The molecule has 0 aliphatic heterocycles. The first kappa shape index (κ1) is 9.51. The van der Waals surface area contributed by atoms with E-state index in [4.69, 9.17) is 8.83 Å². The van der Waals surface area contributed by atoms with E-state index in [2.05, 4.69) is 0 Å². The Labute approximate surface area is 85.5 Å². The van der Waals surface area contributed by atoms with Crippen LogP contribution >= 0.6 is 0 Å². The molecular weight excluding hydrogens is 198 g/mol. The van der Waals surface area contributed by atoms with Crippen LogP contribution in [0.2, 0.25) is 0 Å². The standard InChI is InChI=1S/C10H9NO4/c1-7-4-5-14-9(7)6-8-2-3-10(15-8)11(12)13/h2-5H,6H2,1H3. The van der Waals surface area contributed by atoms with Crippen molar-refractivity contribution in [3.8, 4) is 0 Å². The van der Waals surface area contributed by atoms with Crippen molar-refractivity contribution in [3.63, 3.8) is 0 Å². The quantitative estimate of drug-likeness (QED) is 0.573. The summed E-state index contributed by atoms with van der Waals surface area (Å²) >= 11 is 0. The highest BCUT2D eigenvalue weighted by atomic mass is 16.6. The number of aryl methyl sites for hydroxylation is 1. The molecule has 5 heteroatoms. The van der Waals surface area contributed by atoms with Gasteiger partial charge < -0.3 is 8.83 Å². The van der Waals surface area contributed by atoms with Gasteiger partial charge in [0.05, 0.1) is 18.8 Å². The zero-order valence-corrected chi connectivity index (χ0v) is 8.10. The number of nitro groups is 1. The van der Waals surface area contributed by atoms with Crippen LogP contribution in [-0.2, 0) is 6.42 Å². The summed E-state index contributed by atoms with van der Waals surface area (Å²) in [6, 6.07) is 4.76. The first-order valence-electron chi connectivity index (χ1n) is 4.43. The van der Waals surface area contributed by atoms with Gasteiger partial charge >= 0.3 is 5.88 Å². The van der Waals surface area contributed by atoms with Gasteiger partial charge in [0, 0.05) is 0 Å². The average Bonchev–Trinajstić information content (AvgIpc) is 2.77. The highest BCUT2D eigenvalue weighted by Crippen LogP contribution is 2.20. The Morgan fingerprint density at radius 3 is 2.73 bits per heavy atom. The lowest BCUT2D eigenvalue weighted by atomic mass is 10.2. The molecule has 0 aliphatic carbocycles. The van der Waals surface area contributed by atoms with Gasteiger partial charge in [-0.25, -0.2) is 0 Å². The molecule has 2 heterocycles. The summed E-state index contributed by atoms with van der Waals surface area (Å²) in [5, 5.41) is 10.4. The second-order valence-electron chi connectivity index (χ2n) is 3.20. The van der Waals surface area contributed by atoms with Gasteiger partial charge in [-0.05, 0) is 24.6 Å². The molecule has 2 aromatic rings. The molecule has 15 heavy (non-hydrogen) atoms. The number of hydrogen-bond acceptors (Lipinski definition) is 4. The van der Waals surface area contributed by atoms with Crippen LogP contribution in [0, 0.1) is 17.0 Å². The summed E-state index contributed by atoms with van der Waals surface area (Å²) < 4.78 is 10.2. The van der Waals surface area contributed by atoms with Crippen LogP contribution in [0.5, 0.6) is 0 Å². The predicted molar refractivity (Wildman–Crippen MR) is 51.6 cm³/mol. The molecule has 0 aromatic carbocycles. The van der Waals surface area contributed by atoms with E-state index in [1.807, 2.05) is 13.0 Å². The summed E-state index contributed by atoms with van der Waals surface area (Å²) in [5.74, 6) is 1.05. The monoisotopic (exact) mass is 207 g/mol. The van der Waals surface area contributed by atoms with E-state index in [0.717, 1.165) is 11.3 Å². The number of furan rings is 2. The van der Waals surface area contributed by atoms with Crippen molar-refractivity contribution in [1.29, 1.82) is 0 Å². The minimum absolute atomic E-state index is 0.241. The molecule has 0 aliphatic rings. The number of rotatable bonds is 3. The molecule has 78 valence electrons. The molecule has 2 rings (SSSR count). The maximum atomic E-state index is 10.4. The minimum Gasteiger partial charge on any atom is -0.469 e. The third kappa shape index (κ3) is 1.90. The Morgan fingerprint density at radius 1 is 1.40 bits per heavy atom. The van der Waals surface area contributed by atoms with E-state index < -0.39 is 4.92 Å². The zero-order valence-electron chi connectivity index (χ0n) is 8.10. The largest absolute Gasteiger partial charge is 0.469 e. The molecule has 0 bridgehead atoms. The van der Waals surface area contributed by atoms with Gasteiger partial charge in [-0.3, -0.25) is 10.1 Å². The zero-order chi connectivity index (χ0) is 10.8. The van der Waals surface area contributed by atoms with E-state index >= 15 is 0 Å². The predicted octanol–water partition coefficient (Wildman–Crippen LogP) is 2.68. The Morgan fingerprint density at radius 2 is 2.20 bits per heavy atom. The van der Waals surface area contributed by atoms with E-state index in [9.17, 15) is 10.1 Å². The minimum atomic E-state index is -0.557. The summed E-state index contributed by atoms with van der Waals surface area (Å²) in [5.41, 5.74) is 1.01. The van der Waals surface area contributed by atoms with Gasteiger partial charge in [0.25, 0.3) is 0 Å². The third-order valence-corrected chi connectivity index (χ3v) is 2.13. The van der Waals surface area contributed by atoms with Gasteiger partial charge in [0.1, 0.15) is 16.4 Å². The van der Waals surface area contributed by atoms with Crippen molar-refractivity contribution in [2.24, 2.45) is 0 Å².